The molecule has 1 atom stereocenters. The summed E-state index contributed by atoms with van der Waals surface area (Å²) in [5.41, 5.74) is 2.37. The van der Waals surface area contributed by atoms with Crippen molar-refractivity contribution in [3.05, 3.63) is 59.9 Å². The van der Waals surface area contributed by atoms with E-state index in [1.54, 1.807) is 7.11 Å². The highest BCUT2D eigenvalue weighted by molar-refractivity contribution is 8.01. The number of likely N-dealkylation sites (tertiary alicyclic amines) is 1. The highest BCUT2D eigenvalue weighted by Gasteiger charge is 2.49. The van der Waals surface area contributed by atoms with Crippen LogP contribution in [0.1, 0.15) is 17.7 Å². The Morgan fingerprint density at radius 2 is 2.04 bits per heavy atom. The minimum atomic E-state index is 0.357. The van der Waals surface area contributed by atoms with E-state index >= 15 is 0 Å². The Labute approximate surface area is 153 Å². The molecule has 2 aliphatic rings. The van der Waals surface area contributed by atoms with Crippen molar-refractivity contribution < 1.29 is 9.47 Å². The van der Waals surface area contributed by atoms with Crippen LogP contribution in [0.3, 0.4) is 0 Å². The van der Waals surface area contributed by atoms with E-state index in [9.17, 15) is 0 Å². The van der Waals surface area contributed by atoms with Gasteiger partial charge in [0.05, 0.1) is 25.5 Å². The van der Waals surface area contributed by atoms with Gasteiger partial charge in [0, 0.05) is 36.3 Å². The van der Waals surface area contributed by atoms with Gasteiger partial charge in [0.1, 0.15) is 5.75 Å². The summed E-state index contributed by atoms with van der Waals surface area (Å²) < 4.78 is 11.7. The summed E-state index contributed by atoms with van der Waals surface area (Å²) in [6.45, 7) is 3.96. The number of benzene rings is 1. The van der Waals surface area contributed by atoms with Gasteiger partial charge < -0.3 is 9.47 Å². The Hall–Kier alpha value is -1.56. The zero-order chi connectivity index (χ0) is 17.1. The van der Waals surface area contributed by atoms with Crippen LogP contribution >= 0.6 is 11.8 Å². The lowest BCUT2D eigenvalue weighted by Gasteiger charge is -2.47. The Morgan fingerprint density at radius 3 is 2.76 bits per heavy atom. The average Bonchev–Trinajstić information content (AvgIpc) is 3.06. The van der Waals surface area contributed by atoms with Crippen LogP contribution < -0.4 is 4.74 Å². The van der Waals surface area contributed by atoms with E-state index < -0.39 is 0 Å². The van der Waals surface area contributed by atoms with Gasteiger partial charge in [-0.05, 0) is 36.2 Å². The molecule has 4 nitrogen and oxygen atoms in total. The van der Waals surface area contributed by atoms with E-state index in [0.29, 0.717) is 17.5 Å². The summed E-state index contributed by atoms with van der Waals surface area (Å²) in [4.78, 5) is 6.86. The minimum absolute atomic E-state index is 0.357. The maximum Gasteiger partial charge on any atom is 0.118 e. The normalized spacial score (nSPS) is 22.0. The molecule has 2 aromatic rings. The number of hydrogen-bond acceptors (Lipinski definition) is 5. The van der Waals surface area contributed by atoms with E-state index in [0.717, 1.165) is 43.3 Å². The number of rotatable bonds is 6. The zero-order valence-corrected chi connectivity index (χ0v) is 15.4. The molecule has 2 aliphatic heterocycles. The zero-order valence-electron chi connectivity index (χ0n) is 14.6. The summed E-state index contributed by atoms with van der Waals surface area (Å²) in [6.07, 6.45) is 3.34. The first kappa shape index (κ1) is 16.9. The third-order valence-electron chi connectivity index (χ3n) is 4.96. The van der Waals surface area contributed by atoms with Gasteiger partial charge in [0.15, 0.2) is 0 Å². The predicted octanol–water partition coefficient (Wildman–Crippen LogP) is 3.37. The van der Waals surface area contributed by atoms with Crippen LogP contribution in [-0.4, -0.2) is 46.7 Å². The number of thioether (sulfide) groups is 1. The summed E-state index contributed by atoms with van der Waals surface area (Å²) in [7, 11) is 1.71. The Morgan fingerprint density at radius 1 is 1.20 bits per heavy atom. The first-order valence-corrected chi connectivity index (χ1v) is 9.74. The highest BCUT2D eigenvalue weighted by atomic mass is 32.2. The van der Waals surface area contributed by atoms with Crippen molar-refractivity contribution in [3.63, 3.8) is 0 Å². The molecule has 25 heavy (non-hydrogen) atoms. The van der Waals surface area contributed by atoms with E-state index in [1.165, 1.54) is 5.56 Å². The predicted molar refractivity (Wildman–Crippen MR) is 101 cm³/mol. The Balaban J connectivity index is 1.23. The average molecular weight is 356 g/mol. The van der Waals surface area contributed by atoms with Crippen LogP contribution in [-0.2, 0) is 17.9 Å². The Kier molecular flexibility index (Phi) is 4.97. The molecule has 0 aliphatic carbocycles. The molecule has 2 fully saturated rings. The van der Waals surface area contributed by atoms with Gasteiger partial charge in [-0.15, -0.1) is 11.8 Å². The summed E-state index contributed by atoms with van der Waals surface area (Å²) >= 11 is 2.09. The van der Waals surface area contributed by atoms with Crippen molar-refractivity contribution in [2.75, 3.05) is 26.0 Å². The second-order valence-electron chi connectivity index (χ2n) is 6.95. The molecule has 0 saturated carbocycles. The lowest BCUT2D eigenvalue weighted by molar-refractivity contribution is 0.0251. The van der Waals surface area contributed by atoms with E-state index in [-0.39, 0.29) is 0 Å². The molecule has 0 radical (unpaired) electrons. The number of aromatic nitrogens is 1. The van der Waals surface area contributed by atoms with Gasteiger partial charge in [-0.1, -0.05) is 18.2 Å². The molecule has 5 heteroatoms. The molecule has 4 rings (SSSR count). The quantitative estimate of drug-likeness (QED) is 0.793. The molecule has 1 spiro atoms. The fourth-order valence-corrected chi connectivity index (χ4v) is 5.29. The van der Waals surface area contributed by atoms with Gasteiger partial charge in [0.2, 0.25) is 0 Å². The van der Waals surface area contributed by atoms with Crippen molar-refractivity contribution in [1.82, 2.24) is 9.88 Å². The highest BCUT2D eigenvalue weighted by Crippen LogP contribution is 2.46. The molecule has 0 N–H and O–H groups in total. The third-order valence-corrected chi connectivity index (χ3v) is 6.53. The fourth-order valence-electron chi connectivity index (χ4n) is 3.69. The fraction of sp³-hybridized carbons (Fsp3) is 0.450. The Bertz CT molecular complexity index is 687. The number of nitrogens with zero attached hydrogens (tertiary/aromatic N) is 2. The SMILES string of the molecule is COc1ccc(CN2CC3(C[C@H](OCc4ccccn4)CS3)C2)cc1. The number of methoxy groups -OCH3 is 1. The van der Waals surface area contributed by atoms with Crippen LogP contribution in [0.5, 0.6) is 5.75 Å². The number of hydrogen-bond donors (Lipinski definition) is 0. The third kappa shape index (κ3) is 4.00. The molecule has 2 saturated heterocycles. The van der Waals surface area contributed by atoms with Gasteiger partial charge in [-0.25, -0.2) is 0 Å². The van der Waals surface area contributed by atoms with Crippen molar-refractivity contribution in [3.8, 4) is 5.75 Å². The smallest absolute Gasteiger partial charge is 0.118 e. The summed E-state index contributed by atoms with van der Waals surface area (Å²) in [5, 5.41) is 0. The number of pyridine rings is 1. The minimum Gasteiger partial charge on any atom is -0.497 e. The first-order valence-electron chi connectivity index (χ1n) is 8.75. The van der Waals surface area contributed by atoms with Gasteiger partial charge in [0.25, 0.3) is 0 Å². The summed E-state index contributed by atoms with van der Waals surface area (Å²) in [6, 6.07) is 14.4. The lowest BCUT2D eigenvalue weighted by Crippen LogP contribution is -2.58. The second kappa shape index (κ2) is 7.36. The molecule has 1 aromatic carbocycles. The first-order chi connectivity index (χ1) is 12.2. The lowest BCUT2D eigenvalue weighted by atomic mass is 9.92. The monoisotopic (exact) mass is 356 g/mol. The van der Waals surface area contributed by atoms with E-state index in [1.807, 2.05) is 36.5 Å². The standard InChI is InChI=1S/C20H24N2O2S/c1-23-18-7-5-16(6-8-18)11-22-14-20(15-22)10-19(13-25-20)24-12-17-4-2-3-9-21-17/h2-9,19H,10-15H2,1H3/t19-/m0/s1. The molecule has 1 aromatic heterocycles. The number of ether oxygens (including phenoxy) is 2. The second-order valence-corrected chi connectivity index (χ2v) is 8.43. The van der Waals surface area contributed by atoms with Crippen LogP contribution in [0.25, 0.3) is 0 Å². The largest absolute Gasteiger partial charge is 0.497 e. The van der Waals surface area contributed by atoms with Gasteiger partial charge in [-0.3, -0.25) is 9.88 Å². The van der Waals surface area contributed by atoms with Crippen molar-refractivity contribution >= 4 is 11.8 Å². The van der Waals surface area contributed by atoms with Crippen molar-refractivity contribution in [2.45, 2.75) is 30.4 Å². The van der Waals surface area contributed by atoms with Crippen LogP contribution in [0, 0.1) is 0 Å². The molecular formula is C20H24N2O2S. The van der Waals surface area contributed by atoms with Crippen LogP contribution in [0.15, 0.2) is 48.7 Å². The summed E-state index contributed by atoms with van der Waals surface area (Å²) in [5.74, 6) is 2.02. The van der Waals surface area contributed by atoms with E-state index in [2.05, 4.69) is 33.8 Å². The molecule has 0 unspecified atom stereocenters. The molecular weight excluding hydrogens is 332 g/mol. The topological polar surface area (TPSA) is 34.6 Å². The molecule has 3 heterocycles. The molecule has 0 bridgehead atoms. The van der Waals surface area contributed by atoms with Crippen molar-refractivity contribution in [2.24, 2.45) is 0 Å². The molecule has 0 amide bonds. The molecule has 132 valence electrons. The maximum absolute atomic E-state index is 6.08. The van der Waals surface area contributed by atoms with E-state index in [4.69, 9.17) is 9.47 Å². The van der Waals surface area contributed by atoms with Crippen molar-refractivity contribution in [1.29, 1.82) is 0 Å². The van der Waals surface area contributed by atoms with Crippen LogP contribution in [0.4, 0.5) is 0 Å². The van der Waals surface area contributed by atoms with Crippen LogP contribution in [0.2, 0.25) is 0 Å². The maximum atomic E-state index is 6.08. The van der Waals surface area contributed by atoms with Gasteiger partial charge >= 0.3 is 0 Å². The van der Waals surface area contributed by atoms with Gasteiger partial charge in [-0.2, -0.15) is 0 Å².